The molecule has 1 aliphatic rings. The number of ether oxygens (including phenoxy) is 1. The number of nitrogens with zero attached hydrogens (tertiary/aromatic N) is 1. The summed E-state index contributed by atoms with van der Waals surface area (Å²) in [5.74, 6) is 0.603. The van der Waals surface area contributed by atoms with Crippen LogP contribution in [0.25, 0.3) is 10.6 Å². The first kappa shape index (κ1) is 14.4. The van der Waals surface area contributed by atoms with E-state index in [0.717, 1.165) is 29.1 Å². The molecule has 0 saturated carbocycles. The van der Waals surface area contributed by atoms with Crippen LogP contribution in [0, 0.1) is 5.41 Å². The largest absolute Gasteiger partial charge is 0.504 e. The number of hydrogen-bond acceptors (Lipinski definition) is 5. The molecule has 0 amide bonds. The second kappa shape index (κ2) is 5.00. The molecule has 1 unspecified atom stereocenters. The van der Waals surface area contributed by atoms with Gasteiger partial charge < -0.3 is 15.6 Å². The highest BCUT2D eigenvalue weighted by molar-refractivity contribution is 7.15. The highest BCUT2D eigenvalue weighted by atomic mass is 32.1. The minimum absolute atomic E-state index is 0.0639. The lowest BCUT2D eigenvalue weighted by atomic mass is 9.77. The van der Waals surface area contributed by atoms with Crippen molar-refractivity contribution in [3.8, 4) is 22.1 Å². The minimum atomic E-state index is 0.0639. The number of fused-ring (bicyclic) bond motifs is 1. The number of nitrogens with two attached hydrogens (primary N) is 1. The molecule has 0 fully saturated rings. The van der Waals surface area contributed by atoms with Crippen molar-refractivity contribution in [3.05, 3.63) is 28.8 Å². The molecule has 0 saturated heterocycles. The third-order valence-corrected chi connectivity index (χ3v) is 5.19. The summed E-state index contributed by atoms with van der Waals surface area (Å²) in [7, 11) is 1.55. The highest BCUT2D eigenvalue weighted by Crippen LogP contribution is 2.44. The van der Waals surface area contributed by atoms with Crippen LogP contribution in [0.1, 0.15) is 36.9 Å². The van der Waals surface area contributed by atoms with Crippen LogP contribution in [0.2, 0.25) is 0 Å². The standard InChI is InChI=1S/C16H20N2O2S/c1-16(2)7-10(17)14-11(8-16)18-15(21-14)9-4-5-12(19)13(6-9)20-3/h4-6,10,19H,7-8,17H2,1-3H3. The molecule has 1 heterocycles. The number of benzene rings is 1. The maximum absolute atomic E-state index is 9.69. The Labute approximate surface area is 128 Å². The van der Waals surface area contributed by atoms with Crippen molar-refractivity contribution in [3.63, 3.8) is 0 Å². The smallest absolute Gasteiger partial charge is 0.161 e. The van der Waals surface area contributed by atoms with Crippen LogP contribution in [0.3, 0.4) is 0 Å². The molecule has 2 aromatic rings. The first-order valence-corrected chi connectivity index (χ1v) is 7.84. The summed E-state index contributed by atoms with van der Waals surface area (Å²) in [5, 5.41) is 10.6. The molecule has 5 heteroatoms. The maximum Gasteiger partial charge on any atom is 0.161 e. The van der Waals surface area contributed by atoms with Gasteiger partial charge in [0.05, 0.1) is 12.8 Å². The second-order valence-electron chi connectivity index (χ2n) is 6.37. The molecule has 0 aliphatic heterocycles. The van der Waals surface area contributed by atoms with Gasteiger partial charge in [-0.3, -0.25) is 0 Å². The van der Waals surface area contributed by atoms with Gasteiger partial charge in [-0.15, -0.1) is 11.3 Å². The van der Waals surface area contributed by atoms with Crippen molar-refractivity contribution < 1.29 is 9.84 Å². The molecule has 3 N–H and O–H groups in total. The van der Waals surface area contributed by atoms with Gasteiger partial charge in [-0.25, -0.2) is 4.98 Å². The van der Waals surface area contributed by atoms with Crippen molar-refractivity contribution in [2.45, 2.75) is 32.7 Å². The van der Waals surface area contributed by atoms with Crippen molar-refractivity contribution >= 4 is 11.3 Å². The Morgan fingerprint density at radius 2 is 2.19 bits per heavy atom. The SMILES string of the molecule is COc1cc(-c2nc3c(s2)C(N)CC(C)(C)C3)ccc1O. The van der Waals surface area contributed by atoms with Crippen LogP contribution in [-0.4, -0.2) is 17.2 Å². The van der Waals surface area contributed by atoms with E-state index in [1.54, 1.807) is 24.5 Å². The normalized spacial score (nSPS) is 20.1. The molecule has 0 bridgehead atoms. The van der Waals surface area contributed by atoms with E-state index in [1.165, 1.54) is 4.88 Å². The molecular weight excluding hydrogens is 284 g/mol. The summed E-state index contributed by atoms with van der Waals surface area (Å²) in [6, 6.07) is 5.38. The topological polar surface area (TPSA) is 68.4 Å². The number of phenols is 1. The molecule has 3 rings (SSSR count). The van der Waals surface area contributed by atoms with E-state index < -0.39 is 0 Å². The summed E-state index contributed by atoms with van der Waals surface area (Å²) < 4.78 is 5.17. The van der Waals surface area contributed by atoms with Gasteiger partial charge in [0.1, 0.15) is 5.01 Å². The fourth-order valence-electron chi connectivity index (χ4n) is 2.93. The number of phenolic OH excluding ortho intramolecular Hbond substituents is 1. The average Bonchev–Trinajstić information content (AvgIpc) is 2.82. The molecule has 21 heavy (non-hydrogen) atoms. The van der Waals surface area contributed by atoms with Crippen LogP contribution >= 0.6 is 11.3 Å². The molecule has 4 nitrogen and oxygen atoms in total. The number of aromatic hydroxyl groups is 1. The maximum atomic E-state index is 9.69. The zero-order valence-corrected chi connectivity index (χ0v) is 13.3. The summed E-state index contributed by atoms with van der Waals surface area (Å²) in [5.41, 5.74) is 8.57. The molecule has 1 aliphatic carbocycles. The third kappa shape index (κ3) is 2.63. The van der Waals surface area contributed by atoms with E-state index >= 15 is 0 Å². The van der Waals surface area contributed by atoms with Crippen LogP contribution in [-0.2, 0) is 6.42 Å². The number of thiazole rings is 1. The Hall–Kier alpha value is -1.59. The summed E-state index contributed by atoms with van der Waals surface area (Å²) >= 11 is 1.65. The zero-order chi connectivity index (χ0) is 15.2. The molecular formula is C16H20N2O2S. The van der Waals surface area contributed by atoms with Gasteiger partial charge in [0, 0.05) is 16.5 Å². The molecule has 1 atom stereocenters. The van der Waals surface area contributed by atoms with Crippen LogP contribution in [0.15, 0.2) is 18.2 Å². The van der Waals surface area contributed by atoms with Gasteiger partial charge >= 0.3 is 0 Å². The van der Waals surface area contributed by atoms with Crippen molar-refractivity contribution in [2.75, 3.05) is 7.11 Å². The van der Waals surface area contributed by atoms with E-state index in [-0.39, 0.29) is 17.2 Å². The van der Waals surface area contributed by atoms with Gasteiger partial charge in [-0.2, -0.15) is 0 Å². The average molecular weight is 304 g/mol. The van der Waals surface area contributed by atoms with Crippen molar-refractivity contribution in [1.82, 2.24) is 4.98 Å². The molecule has 1 aromatic heterocycles. The predicted molar refractivity (Wildman–Crippen MR) is 84.8 cm³/mol. The lowest BCUT2D eigenvalue weighted by Crippen LogP contribution is -2.28. The van der Waals surface area contributed by atoms with E-state index in [4.69, 9.17) is 15.5 Å². The van der Waals surface area contributed by atoms with Crippen LogP contribution < -0.4 is 10.5 Å². The molecule has 0 spiro atoms. The first-order valence-electron chi connectivity index (χ1n) is 7.02. The number of aromatic nitrogens is 1. The zero-order valence-electron chi connectivity index (χ0n) is 12.5. The van der Waals surface area contributed by atoms with Gasteiger partial charge in [-0.1, -0.05) is 13.8 Å². The molecule has 1 aromatic carbocycles. The van der Waals surface area contributed by atoms with Crippen molar-refractivity contribution in [1.29, 1.82) is 0 Å². The molecule has 0 radical (unpaired) electrons. The monoisotopic (exact) mass is 304 g/mol. The van der Waals surface area contributed by atoms with Gasteiger partial charge in [0.2, 0.25) is 0 Å². The lowest BCUT2D eigenvalue weighted by molar-refractivity contribution is 0.282. The van der Waals surface area contributed by atoms with Crippen molar-refractivity contribution in [2.24, 2.45) is 11.1 Å². The Morgan fingerprint density at radius 1 is 1.43 bits per heavy atom. The number of methoxy groups -OCH3 is 1. The van der Waals surface area contributed by atoms with Crippen LogP contribution in [0.5, 0.6) is 11.5 Å². The van der Waals surface area contributed by atoms with Crippen LogP contribution in [0.4, 0.5) is 0 Å². The van der Waals surface area contributed by atoms with Gasteiger partial charge in [0.25, 0.3) is 0 Å². The Balaban J connectivity index is 2.02. The van der Waals surface area contributed by atoms with E-state index in [0.29, 0.717) is 5.75 Å². The first-order chi connectivity index (χ1) is 9.89. The van der Waals surface area contributed by atoms with E-state index in [2.05, 4.69) is 13.8 Å². The quantitative estimate of drug-likeness (QED) is 0.891. The van der Waals surface area contributed by atoms with E-state index in [9.17, 15) is 5.11 Å². The Morgan fingerprint density at radius 3 is 2.90 bits per heavy atom. The number of hydrogen-bond donors (Lipinski definition) is 2. The number of rotatable bonds is 2. The highest BCUT2D eigenvalue weighted by Gasteiger charge is 2.33. The lowest BCUT2D eigenvalue weighted by Gasteiger charge is -2.32. The summed E-state index contributed by atoms with van der Waals surface area (Å²) in [6.45, 7) is 4.47. The predicted octanol–water partition coefficient (Wildman–Crippen LogP) is 3.50. The summed E-state index contributed by atoms with van der Waals surface area (Å²) in [6.07, 6.45) is 1.95. The Bertz CT molecular complexity index is 679. The second-order valence-corrected chi connectivity index (χ2v) is 7.40. The fourth-order valence-corrected chi connectivity index (χ4v) is 4.01. The molecule has 112 valence electrons. The fraction of sp³-hybridized carbons (Fsp3) is 0.438. The van der Waals surface area contributed by atoms with Gasteiger partial charge in [-0.05, 0) is 36.5 Å². The Kier molecular flexibility index (Phi) is 3.42. The summed E-state index contributed by atoms with van der Waals surface area (Å²) in [4.78, 5) is 5.96. The minimum Gasteiger partial charge on any atom is -0.504 e. The third-order valence-electron chi connectivity index (χ3n) is 3.91. The van der Waals surface area contributed by atoms with E-state index in [1.807, 2.05) is 12.1 Å². The van der Waals surface area contributed by atoms with Gasteiger partial charge in [0.15, 0.2) is 11.5 Å².